The molecule has 0 atom stereocenters. The summed E-state index contributed by atoms with van der Waals surface area (Å²) in [7, 11) is 0. The molecule has 3 heterocycles. The number of aromatic nitrogens is 2. The van der Waals surface area contributed by atoms with Crippen molar-refractivity contribution in [3.8, 4) is 6.07 Å². The van der Waals surface area contributed by atoms with E-state index in [-0.39, 0.29) is 23.3 Å². The highest BCUT2D eigenvalue weighted by atomic mass is 16.5. The third-order valence-corrected chi connectivity index (χ3v) is 4.31. The fraction of sp³-hybridized carbons (Fsp3) is 0.368. The lowest BCUT2D eigenvalue weighted by Gasteiger charge is -2.29. The number of ether oxygens (including phenoxy) is 1. The smallest absolute Gasteiger partial charge is 0.348 e. The predicted octanol–water partition coefficient (Wildman–Crippen LogP) is 2.15. The number of piperidine rings is 1. The number of nitrogens with zero attached hydrogens (tertiary/aromatic N) is 4. The second kappa shape index (κ2) is 7.83. The number of pyridine rings is 1. The Kier molecular flexibility index (Phi) is 5.32. The van der Waals surface area contributed by atoms with E-state index in [4.69, 9.17) is 4.74 Å². The lowest BCUT2D eigenvalue weighted by atomic mass is 10.1. The monoisotopic (exact) mass is 352 g/mol. The van der Waals surface area contributed by atoms with E-state index >= 15 is 0 Å². The van der Waals surface area contributed by atoms with Gasteiger partial charge in [0.2, 0.25) is 0 Å². The fourth-order valence-corrected chi connectivity index (χ4v) is 3.05. The van der Waals surface area contributed by atoms with E-state index in [0.29, 0.717) is 11.5 Å². The zero-order chi connectivity index (χ0) is 18.5. The van der Waals surface area contributed by atoms with Crippen molar-refractivity contribution in [2.45, 2.75) is 26.2 Å². The third kappa shape index (κ3) is 3.45. The van der Waals surface area contributed by atoms with Crippen LogP contribution in [0.15, 0.2) is 34.8 Å². The minimum atomic E-state index is -0.739. The number of anilines is 1. The standard InChI is InChI=1S/C19H20N4O3/c1-2-26-19(25)14(13-20)12-15-17(22-9-5-3-6-10-22)21-16-8-4-7-11-23(16)18(15)24/h4,7-8,11-12H,2-3,5-6,9-10H2,1H3/b14-12+. The first-order valence-corrected chi connectivity index (χ1v) is 8.71. The van der Waals surface area contributed by atoms with Crippen LogP contribution in [0.4, 0.5) is 5.82 Å². The van der Waals surface area contributed by atoms with Gasteiger partial charge in [-0.2, -0.15) is 5.26 Å². The molecule has 0 amide bonds. The number of nitriles is 1. The first-order chi connectivity index (χ1) is 12.7. The summed E-state index contributed by atoms with van der Waals surface area (Å²) >= 11 is 0. The number of hydrogen-bond acceptors (Lipinski definition) is 6. The van der Waals surface area contributed by atoms with Gasteiger partial charge < -0.3 is 9.64 Å². The quantitative estimate of drug-likeness (QED) is 0.476. The number of carbonyl (C=O) groups is 1. The zero-order valence-corrected chi connectivity index (χ0v) is 14.6. The topological polar surface area (TPSA) is 87.7 Å². The van der Waals surface area contributed by atoms with Gasteiger partial charge in [0.1, 0.15) is 23.1 Å². The molecule has 1 fully saturated rings. The third-order valence-electron chi connectivity index (χ3n) is 4.31. The molecule has 1 aliphatic rings. The van der Waals surface area contributed by atoms with Crippen LogP contribution in [0.25, 0.3) is 11.7 Å². The van der Waals surface area contributed by atoms with Crippen LogP contribution in [-0.2, 0) is 9.53 Å². The second-order valence-corrected chi connectivity index (χ2v) is 6.02. The minimum Gasteiger partial charge on any atom is -0.462 e. The Morgan fingerprint density at radius 2 is 2.12 bits per heavy atom. The van der Waals surface area contributed by atoms with Crippen molar-refractivity contribution in [3.05, 3.63) is 45.9 Å². The molecule has 0 aromatic carbocycles. The average Bonchev–Trinajstić information content (AvgIpc) is 2.68. The van der Waals surface area contributed by atoms with Gasteiger partial charge in [-0.1, -0.05) is 6.07 Å². The van der Waals surface area contributed by atoms with Crippen LogP contribution in [0, 0.1) is 11.3 Å². The molecule has 0 N–H and O–H groups in total. The summed E-state index contributed by atoms with van der Waals surface area (Å²) in [6.07, 6.45) is 6.10. The van der Waals surface area contributed by atoms with Gasteiger partial charge in [0, 0.05) is 19.3 Å². The lowest BCUT2D eigenvalue weighted by Crippen LogP contribution is -2.33. The van der Waals surface area contributed by atoms with Crippen molar-refractivity contribution >= 4 is 23.5 Å². The number of carbonyl (C=O) groups excluding carboxylic acids is 1. The Balaban J connectivity index is 2.21. The average molecular weight is 352 g/mol. The Bertz CT molecular complexity index is 949. The highest BCUT2D eigenvalue weighted by Gasteiger charge is 2.21. The van der Waals surface area contributed by atoms with Crippen LogP contribution < -0.4 is 10.5 Å². The van der Waals surface area contributed by atoms with Crippen molar-refractivity contribution in [2.75, 3.05) is 24.6 Å². The summed E-state index contributed by atoms with van der Waals surface area (Å²) in [4.78, 5) is 31.7. The Labute approximate surface area is 151 Å². The highest BCUT2D eigenvalue weighted by molar-refractivity contribution is 5.98. The van der Waals surface area contributed by atoms with Gasteiger partial charge >= 0.3 is 5.97 Å². The summed E-state index contributed by atoms with van der Waals surface area (Å²) in [5, 5.41) is 9.33. The molecule has 1 saturated heterocycles. The lowest BCUT2D eigenvalue weighted by molar-refractivity contribution is -0.137. The molecule has 0 unspecified atom stereocenters. The minimum absolute atomic E-state index is 0.159. The van der Waals surface area contributed by atoms with Crippen molar-refractivity contribution in [2.24, 2.45) is 0 Å². The molecular formula is C19H20N4O3. The molecular weight excluding hydrogens is 332 g/mol. The van der Waals surface area contributed by atoms with Crippen molar-refractivity contribution in [1.82, 2.24) is 9.38 Å². The Morgan fingerprint density at radius 3 is 2.81 bits per heavy atom. The Hall–Kier alpha value is -3.14. The van der Waals surface area contributed by atoms with E-state index in [1.165, 1.54) is 10.5 Å². The molecule has 0 radical (unpaired) electrons. The highest BCUT2D eigenvalue weighted by Crippen LogP contribution is 2.23. The van der Waals surface area contributed by atoms with Crippen LogP contribution in [0.5, 0.6) is 0 Å². The Morgan fingerprint density at radius 1 is 1.35 bits per heavy atom. The van der Waals surface area contributed by atoms with Gasteiger partial charge in [-0.25, -0.2) is 9.78 Å². The molecule has 1 aliphatic heterocycles. The van der Waals surface area contributed by atoms with Gasteiger partial charge in [0.25, 0.3) is 5.56 Å². The number of hydrogen-bond donors (Lipinski definition) is 0. The van der Waals surface area contributed by atoms with Crippen LogP contribution in [0.3, 0.4) is 0 Å². The van der Waals surface area contributed by atoms with Gasteiger partial charge in [0.05, 0.1) is 12.2 Å². The van der Waals surface area contributed by atoms with Crippen molar-refractivity contribution in [3.63, 3.8) is 0 Å². The molecule has 7 heteroatoms. The predicted molar refractivity (Wildman–Crippen MR) is 97.7 cm³/mol. The second-order valence-electron chi connectivity index (χ2n) is 6.02. The maximum absolute atomic E-state index is 13.0. The summed E-state index contributed by atoms with van der Waals surface area (Å²) in [5.74, 6) is -0.227. The van der Waals surface area contributed by atoms with Gasteiger partial charge in [0.15, 0.2) is 0 Å². The molecule has 3 rings (SSSR count). The molecule has 2 aromatic heterocycles. The normalized spacial score (nSPS) is 14.9. The summed E-state index contributed by atoms with van der Waals surface area (Å²) in [6.45, 7) is 3.40. The molecule has 26 heavy (non-hydrogen) atoms. The van der Waals surface area contributed by atoms with E-state index < -0.39 is 5.97 Å². The largest absolute Gasteiger partial charge is 0.462 e. The molecule has 0 aliphatic carbocycles. The maximum Gasteiger partial charge on any atom is 0.348 e. The molecule has 7 nitrogen and oxygen atoms in total. The number of fused-ring (bicyclic) bond motifs is 1. The molecule has 134 valence electrons. The first-order valence-electron chi connectivity index (χ1n) is 8.71. The number of rotatable bonds is 4. The van der Waals surface area contributed by atoms with E-state index in [1.54, 1.807) is 25.3 Å². The number of esters is 1. The molecule has 0 saturated carbocycles. The van der Waals surface area contributed by atoms with Crippen LogP contribution >= 0.6 is 0 Å². The van der Waals surface area contributed by atoms with E-state index in [0.717, 1.165) is 32.4 Å². The summed E-state index contributed by atoms with van der Waals surface area (Å²) < 4.78 is 6.32. The van der Waals surface area contributed by atoms with Crippen LogP contribution in [-0.4, -0.2) is 35.1 Å². The zero-order valence-electron chi connectivity index (χ0n) is 14.6. The van der Waals surface area contributed by atoms with E-state index in [9.17, 15) is 14.9 Å². The molecule has 0 bridgehead atoms. The fourth-order valence-electron chi connectivity index (χ4n) is 3.05. The summed E-state index contributed by atoms with van der Waals surface area (Å²) in [6, 6.07) is 7.15. The van der Waals surface area contributed by atoms with Gasteiger partial charge in [-0.3, -0.25) is 9.20 Å². The summed E-state index contributed by atoms with van der Waals surface area (Å²) in [5.41, 5.74) is 0.248. The van der Waals surface area contributed by atoms with E-state index in [2.05, 4.69) is 4.98 Å². The van der Waals surface area contributed by atoms with Gasteiger partial charge in [-0.05, 0) is 44.4 Å². The first kappa shape index (κ1) is 17.7. The maximum atomic E-state index is 13.0. The SMILES string of the molecule is CCOC(=O)/C(C#N)=C/c1c(N2CCCCC2)nc2ccccn2c1=O. The van der Waals surface area contributed by atoms with Crippen LogP contribution in [0.2, 0.25) is 0 Å². The van der Waals surface area contributed by atoms with Gasteiger partial charge in [-0.15, -0.1) is 0 Å². The van der Waals surface area contributed by atoms with E-state index in [1.807, 2.05) is 17.0 Å². The van der Waals surface area contributed by atoms with Crippen molar-refractivity contribution in [1.29, 1.82) is 5.26 Å². The molecule has 2 aromatic rings. The molecule has 0 spiro atoms. The van der Waals surface area contributed by atoms with Crippen molar-refractivity contribution < 1.29 is 9.53 Å². The van der Waals surface area contributed by atoms with Crippen LogP contribution in [0.1, 0.15) is 31.7 Å².